The molecule has 0 amide bonds. The van der Waals surface area contributed by atoms with Gasteiger partial charge in [0.15, 0.2) is 0 Å². The molecule has 102 valence electrons. The molecule has 1 aliphatic carbocycles. The van der Waals surface area contributed by atoms with E-state index in [9.17, 15) is 0 Å². The van der Waals surface area contributed by atoms with Gasteiger partial charge in [-0.3, -0.25) is 4.68 Å². The second-order valence-corrected chi connectivity index (χ2v) is 5.97. The lowest BCUT2D eigenvalue weighted by molar-refractivity contribution is 0.344. The van der Waals surface area contributed by atoms with Gasteiger partial charge in [0.25, 0.3) is 0 Å². The van der Waals surface area contributed by atoms with E-state index < -0.39 is 0 Å². The Hall–Kier alpha value is -0.540. The van der Waals surface area contributed by atoms with Gasteiger partial charge in [0.05, 0.1) is 11.4 Å². The topological polar surface area (TPSA) is 29.9 Å². The molecule has 0 saturated heterocycles. The molecule has 18 heavy (non-hydrogen) atoms. The van der Waals surface area contributed by atoms with E-state index in [2.05, 4.69) is 35.0 Å². The summed E-state index contributed by atoms with van der Waals surface area (Å²) in [6, 6.07) is 2.17. The zero-order chi connectivity index (χ0) is 13.0. The van der Waals surface area contributed by atoms with Gasteiger partial charge in [-0.1, -0.05) is 6.42 Å². The molecule has 0 radical (unpaired) electrons. The zero-order valence-corrected chi connectivity index (χ0v) is 12.2. The van der Waals surface area contributed by atoms with E-state index >= 15 is 0 Å². The molecule has 2 unspecified atom stereocenters. The number of halogens is 1. The molecule has 1 aromatic rings. The average molecular weight is 270 g/mol. The molecule has 3 nitrogen and oxygen atoms in total. The van der Waals surface area contributed by atoms with Gasteiger partial charge in [-0.2, -0.15) is 5.10 Å². The molecule has 2 atom stereocenters. The van der Waals surface area contributed by atoms with Gasteiger partial charge in [-0.05, 0) is 51.6 Å². The third-order valence-electron chi connectivity index (χ3n) is 3.74. The fourth-order valence-electron chi connectivity index (χ4n) is 2.83. The maximum absolute atomic E-state index is 6.22. The lowest BCUT2D eigenvalue weighted by Gasteiger charge is -2.25. The summed E-state index contributed by atoms with van der Waals surface area (Å²) < 4.78 is 2.08. The van der Waals surface area contributed by atoms with Crippen LogP contribution in [0.4, 0.5) is 0 Å². The summed E-state index contributed by atoms with van der Waals surface area (Å²) >= 11 is 6.22. The van der Waals surface area contributed by atoms with E-state index in [-0.39, 0.29) is 0 Å². The highest BCUT2D eigenvalue weighted by atomic mass is 35.5. The minimum atomic E-state index is 0.397. The van der Waals surface area contributed by atoms with Crippen molar-refractivity contribution in [1.29, 1.82) is 0 Å². The molecule has 1 aromatic heterocycles. The fourth-order valence-corrected chi connectivity index (χ4v) is 3.24. The average Bonchev–Trinajstić information content (AvgIpc) is 2.70. The Morgan fingerprint density at radius 3 is 3.06 bits per heavy atom. The molecule has 0 bridgehead atoms. The zero-order valence-electron chi connectivity index (χ0n) is 11.5. The second kappa shape index (κ2) is 6.58. The van der Waals surface area contributed by atoms with E-state index in [1.165, 1.54) is 31.4 Å². The smallest absolute Gasteiger partial charge is 0.0597 e. The van der Waals surface area contributed by atoms with Crippen molar-refractivity contribution < 1.29 is 0 Å². The number of rotatable bonds is 5. The first kappa shape index (κ1) is 13.9. The normalized spacial score (nSPS) is 24.4. The molecule has 0 aliphatic heterocycles. The highest BCUT2D eigenvalue weighted by molar-refractivity contribution is 6.20. The summed E-state index contributed by atoms with van der Waals surface area (Å²) in [5.74, 6) is 0.750. The summed E-state index contributed by atoms with van der Waals surface area (Å²) in [5.41, 5.74) is 2.39. The van der Waals surface area contributed by atoms with E-state index in [1.807, 2.05) is 0 Å². The number of hydrogen-bond acceptors (Lipinski definition) is 2. The maximum atomic E-state index is 6.22. The van der Waals surface area contributed by atoms with Gasteiger partial charge < -0.3 is 5.32 Å². The number of hydrogen-bond donors (Lipinski definition) is 1. The van der Waals surface area contributed by atoms with Gasteiger partial charge >= 0.3 is 0 Å². The second-order valence-electron chi connectivity index (χ2n) is 5.35. The fraction of sp³-hybridized carbons (Fsp3) is 0.786. The van der Waals surface area contributed by atoms with Crippen LogP contribution >= 0.6 is 11.6 Å². The monoisotopic (exact) mass is 269 g/mol. The van der Waals surface area contributed by atoms with Crippen LogP contribution in [0.3, 0.4) is 0 Å². The van der Waals surface area contributed by atoms with Crippen molar-refractivity contribution in [3.8, 4) is 0 Å². The van der Waals surface area contributed by atoms with Crippen LogP contribution in [0.25, 0.3) is 0 Å². The predicted molar refractivity (Wildman–Crippen MR) is 75.9 cm³/mol. The molecule has 1 aliphatic rings. The first-order chi connectivity index (χ1) is 8.69. The van der Waals surface area contributed by atoms with Crippen molar-refractivity contribution >= 4 is 11.6 Å². The highest BCUT2D eigenvalue weighted by Gasteiger charge is 2.19. The van der Waals surface area contributed by atoms with Crippen molar-refractivity contribution in [2.24, 2.45) is 5.92 Å². The Balaban J connectivity index is 1.77. The standard InChI is InChI=1S/C14H24ClN3/c1-3-18-14(7-11(2)17-18)10-16-9-12-5-4-6-13(15)8-12/h7,12-13,16H,3-6,8-10H2,1-2H3. The van der Waals surface area contributed by atoms with Crippen molar-refractivity contribution in [2.75, 3.05) is 6.54 Å². The highest BCUT2D eigenvalue weighted by Crippen LogP contribution is 2.27. The van der Waals surface area contributed by atoms with Crippen LogP contribution in [-0.2, 0) is 13.1 Å². The molecule has 1 N–H and O–H groups in total. The van der Waals surface area contributed by atoms with Gasteiger partial charge in [0.1, 0.15) is 0 Å². The van der Waals surface area contributed by atoms with E-state index in [0.29, 0.717) is 5.38 Å². The summed E-state index contributed by atoms with van der Waals surface area (Å²) in [6.07, 6.45) is 4.97. The van der Waals surface area contributed by atoms with Crippen molar-refractivity contribution in [3.05, 3.63) is 17.5 Å². The van der Waals surface area contributed by atoms with Crippen LogP contribution in [0.1, 0.15) is 44.0 Å². The molecule has 0 spiro atoms. The van der Waals surface area contributed by atoms with Crippen molar-refractivity contribution in [2.45, 2.75) is 58.0 Å². The van der Waals surface area contributed by atoms with Crippen LogP contribution in [0.5, 0.6) is 0 Å². The van der Waals surface area contributed by atoms with Gasteiger partial charge in [0.2, 0.25) is 0 Å². The summed E-state index contributed by atoms with van der Waals surface area (Å²) in [5, 5.41) is 8.42. The molecule has 1 heterocycles. The molecule has 1 fully saturated rings. The summed E-state index contributed by atoms with van der Waals surface area (Å²) in [4.78, 5) is 0. The Bertz CT molecular complexity index is 375. The first-order valence-corrected chi connectivity index (χ1v) is 7.50. The van der Waals surface area contributed by atoms with E-state index in [4.69, 9.17) is 11.6 Å². The quantitative estimate of drug-likeness (QED) is 0.833. The molecule has 2 rings (SSSR count). The Labute approximate surface area is 115 Å². The van der Waals surface area contributed by atoms with Gasteiger partial charge in [-0.15, -0.1) is 11.6 Å². The largest absolute Gasteiger partial charge is 0.311 e. The molecule has 4 heteroatoms. The van der Waals surface area contributed by atoms with Crippen LogP contribution in [0.15, 0.2) is 6.07 Å². The van der Waals surface area contributed by atoms with E-state index in [1.54, 1.807) is 0 Å². The van der Waals surface area contributed by atoms with Crippen LogP contribution in [0, 0.1) is 12.8 Å². The van der Waals surface area contributed by atoms with Crippen molar-refractivity contribution in [3.63, 3.8) is 0 Å². The van der Waals surface area contributed by atoms with Crippen molar-refractivity contribution in [1.82, 2.24) is 15.1 Å². The predicted octanol–water partition coefficient (Wildman–Crippen LogP) is 3.10. The Morgan fingerprint density at radius 1 is 1.50 bits per heavy atom. The minimum absolute atomic E-state index is 0.397. The third kappa shape index (κ3) is 3.72. The van der Waals surface area contributed by atoms with Crippen LogP contribution in [-0.4, -0.2) is 21.7 Å². The Kier molecular flexibility index (Phi) is 5.07. The number of nitrogens with one attached hydrogen (secondary N) is 1. The SMILES string of the molecule is CCn1nc(C)cc1CNCC1CCCC(Cl)C1. The number of aryl methyl sites for hydroxylation is 2. The lowest BCUT2D eigenvalue weighted by Crippen LogP contribution is -2.28. The van der Waals surface area contributed by atoms with Crippen LogP contribution in [0.2, 0.25) is 0 Å². The number of alkyl halides is 1. The minimum Gasteiger partial charge on any atom is -0.311 e. The lowest BCUT2D eigenvalue weighted by atomic mass is 9.89. The Morgan fingerprint density at radius 2 is 2.33 bits per heavy atom. The third-order valence-corrected chi connectivity index (χ3v) is 4.14. The summed E-state index contributed by atoms with van der Waals surface area (Å²) in [7, 11) is 0. The number of nitrogens with zero attached hydrogens (tertiary/aromatic N) is 2. The van der Waals surface area contributed by atoms with Crippen LogP contribution < -0.4 is 5.32 Å². The van der Waals surface area contributed by atoms with E-state index in [0.717, 1.165) is 31.2 Å². The molecular weight excluding hydrogens is 246 g/mol. The number of aromatic nitrogens is 2. The molecule has 1 saturated carbocycles. The molecule has 0 aromatic carbocycles. The first-order valence-electron chi connectivity index (χ1n) is 7.07. The van der Waals surface area contributed by atoms with Gasteiger partial charge in [-0.25, -0.2) is 0 Å². The maximum Gasteiger partial charge on any atom is 0.0597 e. The summed E-state index contributed by atoms with van der Waals surface area (Å²) in [6.45, 7) is 7.12. The van der Waals surface area contributed by atoms with Gasteiger partial charge in [0, 0.05) is 18.5 Å². The molecular formula is C14H24ClN3.